The second-order valence-electron chi connectivity index (χ2n) is 7.63. The van der Waals surface area contributed by atoms with Crippen LogP contribution in [0, 0.1) is 5.41 Å². The molecule has 5 nitrogen and oxygen atoms in total. The number of benzene rings is 2. The molecule has 0 aliphatic heterocycles. The highest BCUT2D eigenvalue weighted by atomic mass is 16.4. The van der Waals surface area contributed by atoms with E-state index >= 15 is 0 Å². The number of phenols is 1. The van der Waals surface area contributed by atoms with Crippen molar-refractivity contribution in [2.45, 2.75) is 52.1 Å². The first kappa shape index (κ1) is 21.6. The van der Waals surface area contributed by atoms with Gasteiger partial charge in [-0.2, -0.15) is 0 Å². The van der Waals surface area contributed by atoms with E-state index in [0.29, 0.717) is 23.2 Å². The maximum absolute atomic E-state index is 11.2. The third kappa shape index (κ3) is 5.20. The maximum Gasteiger partial charge on any atom is 0.354 e. The SMILES string of the molecule is CC(C)N(CCC(c1ccccc1)c1cc(C(=N)C(=O)O)ccc1O)C(C)C. The number of carbonyl (C=O) groups is 1. The Morgan fingerprint density at radius 3 is 2.18 bits per heavy atom. The summed E-state index contributed by atoms with van der Waals surface area (Å²) in [6, 6.07) is 15.3. The van der Waals surface area contributed by atoms with Gasteiger partial charge in [0.25, 0.3) is 0 Å². The topological polar surface area (TPSA) is 84.6 Å². The summed E-state index contributed by atoms with van der Waals surface area (Å²) in [5, 5.41) is 27.5. The van der Waals surface area contributed by atoms with E-state index in [4.69, 9.17) is 10.5 Å². The summed E-state index contributed by atoms with van der Waals surface area (Å²) in [6.07, 6.45) is 0.776. The maximum atomic E-state index is 11.2. The Morgan fingerprint density at radius 1 is 1.04 bits per heavy atom. The van der Waals surface area contributed by atoms with Crippen molar-refractivity contribution in [3.63, 3.8) is 0 Å². The molecule has 150 valence electrons. The van der Waals surface area contributed by atoms with Gasteiger partial charge in [-0.25, -0.2) is 4.79 Å². The lowest BCUT2D eigenvalue weighted by Gasteiger charge is -2.32. The van der Waals surface area contributed by atoms with Crippen LogP contribution in [0.15, 0.2) is 48.5 Å². The zero-order valence-electron chi connectivity index (χ0n) is 17.0. The van der Waals surface area contributed by atoms with E-state index in [2.05, 4.69) is 32.6 Å². The van der Waals surface area contributed by atoms with Crippen LogP contribution in [0.25, 0.3) is 0 Å². The molecule has 0 radical (unpaired) electrons. The Labute approximate surface area is 167 Å². The van der Waals surface area contributed by atoms with Gasteiger partial charge in [-0.15, -0.1) is 0 Å². The summed E-state index contributed by atoms with van der Waals surface area (Å²) in [4.78, 5) is 13.6. The second kappa shape index (κ2) is 9.51. The average Bonchev–Trinajstić information content (AvgIpc) is 2.65. The molecule has 5 heteroatoms. The van der Waals surface area contributed by atoms with Crippen LogP contribution in [-0.4, -0.2) is 45.4 Å². The molecule has 3 N–H and O–H groups in total. The van der Waals surface area contributed by atoms with Gasteiger partial charge in [0.15, 0.2) is 0 Å². The van der Waals surface area contributed by atoms with Gasteiger partial charge in [0.2, 0.25) is 0 Å². The normalized spacial score (nSPS) is 12.5. The molecule has 2 aromatic rings. The zero-order valence-corrected chi connectivity index (χ0v) is 17.0. The number of carboxylic acids is 1. The standard InChI is InChI=1S/C23H30N2O3/c1-15(2)25(16(3)4)13-12-19(17-8-6-5-7-9-17)20-14-18(10-11-21(20)26)22(24)23(27)28/h5-11,14-16,19,24,26H,12-13H2,1-4H3,(H,27,28). The molecule has 0 fully saturated rings. The van der Waals surface area contributed by atoms with Crippen LogP contribution < -0.4 is 0 Å². The fourth-order valence-corrected chi connectivity index (χ4v) is 3.69. The minimum atomic E-state index is -1.28. The lowest BCUT2D eigenvalue weighted by atomic mass is 9.86. The molecule has 1 atom stereocenters. The van der Waals surface area contributed by atoms with Crippen molar-refractivity contribution in [3.8, 4) is 5.75 Å². The molecule has 0 saturated carbocycles. The van der Waals surface area contributed by atoms with E-state index in [9.17, 15) is 9.90 Å². The Bertz CT molecular complexity index is 808. The molecule has 0 aliphatic rings. The van der Waals surface area contributed by atoms with Crippen molar-refractivity contribution in [1.82, 2.24) is 4.90 Å². The van der Waals surface area contributed by atoms with Crippen molar-refractivity contribution in [3.05, 3.63) is 65.2 Å². The number of phenolic OH excluding ortho intramolecular Hbond substituents is 1. The number of hydrogen-bond donors (Lipinski definition) is 3. The summed E-state index contributed by atoms with van der Waals surface area (Å²) in [5.41, 5.74) is 1.54. The van der Waals surface area contributed by atoms with E-state index in [1.54, 1.807) is 6.07 Å². The van der Waals surface area contributed by atoms with Crippen LogP contribution in [-0.2, 0) is 4.79 Å². The van der Waals surface area contributed by atoms with Crippen molar-refractivity contribution in [2.75, 3.05) is 6.54 Å². The quantitative estimate of drug-likeness (QED) is 0.558. The molecule has 0 spiro atoms. The van der Waals surface area contributed by atoms with Crippen molar-refractivity contribution >= 4 is 11.7 Å². The molecular weight excluding hydrogens is 352 g/mol. The summed E-state index contributed by atoms with van der Waals surface area (Å²) in [7, 11) is 0. The van der Waals surface area contributed by atoms with Crippen LogP contribution in [0.3, 0.4) is 0 Å². The summed E-state index contributed by atoms with van der Waals surface area (Å²) < 4.78 is 0. The smallest absolute Gasteiger partial charge is 0.354 e. The fourth-order valence-electron chi connectivity index (χ4n) is 3.69. The van der Waals surface area contributed by atoms with E-state index in [-0.39, 0.29) is 11.7 Å². The minimum Gasteiger partial charge on any atom is -0.508 e. The first-order chi connectivity index (χ1) is 13.2. The zero-order chi connectivity index (χ0) is 20.8. The van der Waals surface area contributed by atoms with Crippen molar-refractivity contribution < 1.29 is 15.0 Å². The Balaban J connectivity index is 2.44. The highest BCUT2D eigenvalue weighted by Gasteiger charge is 2.22. The lowest BCUT2D eigenvalue weighted by molar-refractivity contribution is -0.129. The molecule has 0 heterocycles. The number of nitrogens with one attached hydrogen (secondary N) is 1. The predicted molar refractivity (Wildman–Crippen MR) is 112 cm³/mol. The van der Waals surface area contributed by atoms with Gasteiger partial charge >= 0.3 is 5.97 Å². The summed E-state index contributed by atoms with van der Waals surface area (Å²) >= 11 is 0. The molecule has 0 aromatic heterocycles. The Morgan fingerprint density at radius 2 is 1.64 bits per heavy atom. The Hall–Kier alpha value is -2.66. The highest BCUT2D eigenvalue weighted by molar-refractivity contribution is 6.41. The van der Waals surface area contributed by atoms with Crippen molar-refractivity contribution in [2.24, 2.45) is 0 Å². The second-order valence-corrected chi connectivity index (χ2v) is 7.63. The molecule has 2 aromatic carbocycles. The first-order valence-electron chi connectivity index (χ1n) is 9.68. The minimum absolute atomic E-state index is 0.0947. The Kier molecular flexibility index (Phi) is 7.35. The summed E-state index contributed by atoms with van der Waals surface area (Å²) in [5.74, 6) is -1.25. The van der Waals surface area contributed by atoms with E-state index in [1.807, 2.05) is 30.3 Å². The molecule has 28 heavy (non-hydrogen) atoms. The van der Waals surface area contributed by atoms with Crippen LogP contribution in [0.5, 0.6) is 5.75 Å². The van der Waals surface area contributed by atoms with Gasteiger partial charge in [0.05, 0.1) is 0 Å². The molecule has 1 unspecified atom stereocenters. The number of aromatic hydroxyl groups is 1. The number of rotatable bonds is 9. The molecule has 0 amide bonds. The largest absolute Gasteiger partial charge is 0.508 e. The molecule has 0 bridgehead atoms. The number of carboxylic acid groups (broad SMARTS) is 1. The van der Waals surface area contributed by atoms with Crippen LogP contribution in [0.4, 0.5) is 0 Å². The van der Waals surface area contributed by atoms with Gasteiger partial charge < -0.3 is 10.2 Å². The van der Waals surface area contributed by atoms with E-state index in [0.717, 1.165) is 18.5 Å². The van der Waals surface area contributed by atoms with Crippen LogP contribution in [0.1, 0.15) is 56.7 Å². The van der Waals surface area contributed by atoms with Gasteiger partial charge in [-0.3, -0.25) is 10.3 Å². The third-order valence-corrected chi connectivity index (χ3v) is 5.11. The molecule has 0 aliphatic carbocycles. The fraction of sp³-hybridized carbons (Fsp3) is 0.391. The van der Waals surface area contributed by atoms with Gasteiger partial charge in [-0.1, -0.05) is 30.3 Å². The predicted octanol–water partition coefficient (Wildman–Crippen LogP) is 4.49. The monoisotopic (exact) mass is 382 g/mol. The van der Waals surface area contributed by atoms with E-state index < -0.39 is 11.7 Å². The molecule has 2 rings (SSSR count). The van der Waals surface area contributed by atoms with Crippen molar-refractivity contribution in [1.29, 1.82) is 5.41 Å². The summed E-state index contributed by atoms with van der Waals surface area (Å²) in [6.45, 7) is 9.52. The van der Waals surface area contributed by atoms with Gasteiger partial charge in [0.1, 0.15) is 11.5 Å². The number of hydrogen-bond acceptors (Lipinski definition) is 4. The first-order valence-corrected chi connectivity index (χ1v) is 9.68. The van der Waals surface area contributed by atoms with E-state index in [1.165, 1.54) is 12.1 Å². The van der Waals surface area contributed by atoms with Gasteiger partial charge in [-0.05, 0) is 64.4 Å². The van der Waals surface area contributed by atoms with Gasteiger partial charge in [0, 0.05) is 29.1 Å². The molecular formula is C23H30N2O3. The van der Waals surface area contributed by atoms with Crippen LogP contribution >= 0.6 is 0 Å². The highest BCUT2D eigenvalue weighted by Crippen LogP contribution is 2.35. The average molecular weight is 383 g/mol. The third-order valence-electron chi connectivity index (χ3n) is 5.11. The lowest BCUT2D eigenvalue weighted by Crippen LogP contribution is -2.38. The number of aliphatic carboxylic acids is 1. The van der Waals surface area contributed by atoms with Crippen LogP contribution in [0.2, 0.25) is 0 Å². The molecule has 0 saturated heterocycles. The number of nitrogens with zero attached hydrogens (tertiary/aromatic N) is 1.